The third-order valence-electron chi connectivity index (χ3n) is 4.54. The Morgan fingerprint density at radius 3 is 2.35 bits per heavy atom. The number of rotatable bonds is 3. The lowest BCUT2D eigenvalue weighted by Gasteiger charge is -2.06. The van der Waals surface area contributed by atoms with E-state index in [0.29, 0.717) is 11.5 Å². The van der Waals surface area contributed by atoms with E-state index in [4.69, 9.17) is 0 Å². The third kappa shape index (κ3) is 5.12. The number of nitrogens with zero attached hydrogens (tertiary/aromatic N) is 1. The van der Waals surface area contributed by atoms with E-state index in [1.165, 1.54) is 17.5 Å². The topological polar surface area (TPSA) is 36.4 Å². The van der Waals surface area contributed by atoms with Crippen molar-refractivity contribution in [2.75, 3.05) is 6.54 Å². The Labute approximate surface area is 141 Å². The molecule has 1 heterocycles. The fraction of sp³-hybridized carbons (Fsp3) is 0.550. The standard InChI is InChI=1S/C13H18.C7H13N3/c1-4-10-5-7-11(8-6-10)12-9-13(12,2)3;1-5(2)9-7-8-4-6(3)10-7/h5-8,12H,4,9H2,1-3H3;6H,1,4H2,2-3H3,(H2,8,9,10). The van der Waals surface area contributed by atoms with E-state index < -0.39 is 0 Å². The lowest BCUT2D eigenvalue weighted by atomic mass is 10.0. The number of aryl methyl sites for hydroxylation is 1. The van der Waals surface area contributed by atoms with Gasteiger partial charge >= 0.3 is 0 Å². The Morgan fingerprint density at radius 1 is 1.35 bits per heavy atom. The van der Waals surface area contributed by atoms with Crippen molar-refractivity contribution in [3.63, 3.8) is 0 Å². The molecule has 0 saturated heterocycles. The molecule has 2 unspecified atom stereocenters. The van der Waals surface area contributed by atoms with Gasteiger partial charge in [-0.3, -0.25) is 4.99 Å². The van der Waals surface area contributed by atoms with E-state index in [1.54, 1.807) is 0 Å². The number of hydrogen-bond donors (Lipinski definition) is 2. The number of guanidine groups is 1. The van der Waals surface area contributed by atoms with Gasteiger partial charge in [0.1, 0.15) is 0 Å². The lowest BCUT2D eigenvalue weighted by molar-refractivity contribution is 0.621. The molecule has 1 fully saturated rings. The van der Waals surface area contributed by atoms with Crippen molar-refractivity contribution in [3.8, 4) is 0 Å². The molecule has 0 bridgehead atoms. The molecule has 23 heavy (non-hydrogen) atoms. The minimum Gasteiger partial charge on any atom is -0.352 e. The third-order valence-corrected chi connectivity index (χ3v) is 4.54. The van der Waals surface area contributed by atoms with Gasteiger partial charge in [0.05, 0.1) is 6.54 Å². The SMILES string of the molecule is C=C(C)NC1=NCC(C)N1.CCc1ccc(C2CC2(C)C)cc1. The maximum absolute atomic E-state index is 4.19. The summed E-state index contributed by atoms with van der Waals surface area (Å²) in [4.78, 5) is 4.19. The van der Waals surface area contributed by atoms with Gasteiger partial charge in [-0.1, -0.05) is 51.6 Å². The van der Waals surface area contributed by atoms with Gasteiger partial charge < -0.3 is 10.6 Å². The quantitative estimate of drug-likeness (QED) is 0.876. The highest BCUT2D eigenvalue weighted by atomic mass is 15.2. The average molecular weight is 313 g/mol. The minimum atomic E-state index is 0.460. The van der Waals surface area contributed by atoms with Crippen molar-refractivity contribution in [1.82, 2.24) is 10.6 Å². The van der Waals surface area contributed by atoms with Gasteiger partial charge in [0.15, 0.2) is 5.96 Å². The van der Waals surface area contributed by atoms with Crippen LogP contribution in [-0.2, 0) is 6.42 Å². The van der Waals surface area contributed by atoms with E-state index in [2.05, 4.69) is 74.2 Å². The molecule has 126 valence electrons. The summed E-state index contributed by atoms with van der Waals surface area (Å²) in [5.74, 6) is 1.67. The zero-order chi connectivity index (χ0) is 17.0. The zero-order valence-electron chi connectivity index (χ0n) is 15.2. The van der Waals surface area contributed by atoms with E-state index in [-0.39, 0.29) is 0 Å². The van der Waals surface area contributed by atoms with E-state index in [0.717, 1.165) is 30.5 Å². The van der Waals surface area contributed by atoms with Crippen LogP contribution in [0.1, 0.15) is 58.1 Å². The largest absolute Gasteiger partial charge is 0.352 e. The molecule has 3 heteroatoms. The molecule has 2 atom stereocenters. The zero-order valence-corrected chi connectivity index (χ0v) is 15.2. The van der Waals surface area contributed by atoms with Crippen LogP contribution in [0.25, 0.3) is 0 Å². The Hall–Kier alpha value is -1.77. The molecule has 2 aliphatic rings. The highest BCUT2D eigenvalue weighted by molar-refractivity contribution is 5.83. The molecule has 0 spiro atoms. The van der Waals surface area contributed by atoms with Crippen LogP contribution in [0.15, 0.2) is 41.5 Å². The molecule has 0 amide bonds. The smallest absolute Gasteiger partial charge is 0.195 e. The molecule has 1 aliphatic carbocycles. The minimum absolute atomic E-state index is 0.460. The van der Waals surface area contributed by atoms with Crippen LogP contribution >= 0.6 is 0 Å². The Kier molecular flexibility index (Phi) is 5.51. The first kappa shape index (κ1) is 17.6. The van der Waals surface area contributed by atoms with E-state index >= 15 is 0 Å². The van der Waals surface area contributed by atoms with Gasteiger partial charge in [-0.25, -0.2) is 0 Å². The fourth-order valence-electron chi connectivity index (χ4n) is 2.85. The summed E-state index contributed by atoms with van der Waals surface area (Å²) in [6.07, 6.45) is 2.51. The molecule has 1 aromatic rings. The summed E-state index contributed by atoms with van der Waals surface area (Å²) >= 11 is 0. The highest BCUT2D eigenvalue weighted by Gasteiger charge is 2.46. The van der Waals surface area contributed by atoms with Crippen molar-refractivity contribution in [2.45, 2.75) is 59.4 Å². The van der Waals surface area contributed by atoms with Crippen molar-refractivity contribution in [1.29, 1.82) is 0 Å². The molecule has 3 nitrogen and oxygen atoms in total. The first-order valence-corrected chi connectivity index (χ1v) is 8.64. The van der Waals surface area contributed by atoms with E-state index in [9.17, 15) is 0 Å². The number of allylic oxidation sites excluding steroid dienone is 1. The maximum Gasteiger partial charge on any atom is 0.195 e. The fourth-order valence-corrected chi connectivity index (χ4v) is 2.85. The second kappa shape index (κ2) is 7.20. The van der Waals surface area contributed by atoms with Crippen molar-refractivity contribution >= 4 is 5.96 Å². The maximum atomic E-state index is 4.19. The van der Waals surface area contributed by atoms with Gasteiger partial charge in [-0.15, -0.1) is 0 Å². The summed E-state index contributed by atoms with van der Waals surface area (Å²) in [7, 11) is 0. The molecule has 2 N–H and O–H groups in total. The summed E-state index contributed by atoms with van der Waals surface area (Å²) < 4.78 is 0. The predicted octanol–water partition coefficient (Wildman–Crippen LogP) is 4.22. The van der Waals surface area contributed by atoms with Crippen LogP contribution in [-0.4, -0.2) is 18.5 Å². The number of benzene rings is 1. The van der Waals surface area contributed by atoms with Gasteiger partial charge in [-0.05, 0) is 49.1 Å². The summed E-state index contributed by atoms with van der Waals surface area (Å²) in [5, 5.41) is 6.18. The molecule has 1 aromatic carbocycles. The summed E-state index contributed by atoms with van der Waals surface area (Å²) in [6.45, 7) is 15.5. The first-order chi connectivity index (χ1) is 10.8. The predicted molar refractivity (Wildman–Crippen MR) is 99.8 cm³/mol. The van der Waals surface area contributed by atoms with Crippen molar-refractivity contribution in [2.24, 2.45) is 10.4 Å². The van der Waals surface area contributed by atoms with Crippen LogP contribution in [0.2, 0.25) is 0 Å². The van der Waals surface area contributed by atoms with Crippen LogP contribution in [0.4, 0.5) is 0 Å². The lowest BCUT2D eigenvalue weighted by Crippen LogP contribution is -2.36. The summed E-state index contributed by atoms with van der Waals surface area (Å²) in [5.41, 5.74) is 4.46. The van der Waals surface area contributed by atoms with Crippen LogP contribution < -0.4 is 10.6 Å². The molecule has 1 aliphatic heterocycles. The first-order valence-electron chi connectivity index (χ1n) is 8.64. The number of nitrogens with one attached hydrogen (secondary N) is 2. The van der Waals surface area contributed by atoms with Gasteiger partial charge in [0.2, 0.25) is 0 Å². The van der Waals surface area contributed by atoms with E-state index in [1.807, 2.05) is 6.92 Å². The second-order valence-corrected chi connectivity index (χ2v) is 7.48. The van der Waals surface area contributed by atoms with Crippen molar-refractivity contribution < 1.29 is 0 Å². The Bertz CT molecular complexity index is 569. The number of aliphatic imine (C=N–C) groups is 1. The second-order valence-electron chi connectivity index (χ2n) is 7.48. The highest BCUT2D eigenvalue weighted by Crippen LogP contribution is 2.58. The molecule has 3 rings (SSSR count). The van der Waals surface area contributed by atoms with Crippen LogP contribution in [0, 0.1) is 5.41 Å². The monoisotopic (exact) mass is 313 g/mol. The van der Waals surface area contributed by atoms with Crippen molar-refractivity contribution in [3.05, 3.63) is 47.7 Å². The summed E-state index contributed by atoms with van der Waals surface area (Å²) in [6, 6.07) is 9.60. The molecular weight excluding hydrogens is 282 g/mol. The molecule has 0 aromatic heterocycles. The average Bonchev–Trinajstić information content (AvgIpc) is 2.94. The van der Waals surface area contributed by atoms with Gasteiger partial charge in [-0.2, -0.15) is 0 Å². The Balaban J connectivity index is 0.000000174. The van der Waals surface area contributed by atoms with Crippen LogP contribution in [0.3, 0.4) is 0 Å². The molecule has 1 saturated carbocycles. The van der Waals surface area contributed by atoms with Gasteiger partial charge in [0, 0.05) is 11.7 Å². The van der Waals surface area contributed by atoms with Crippen LogP contribution in [0.5, 0.6) is 0 Å². The molecular formula is C20H31N3. The Morgan fingerprint density at radius 2 is 1.96 bits per heavy atom. The van der Waals surface area contributed by atoms with Gasteiger partial charge in [0.25, 0.3) is 0 Å². The molecule has 0 radical (unpaired) electrons. The normalized spacial score (nSPS) is 24.0. The number of hydrogen-bond acceptors (Lipinski definition) is 3.